The molecule has 1 aliphatic carbocycles. The van der Waals surface area contributed by atoms with Gasteiger partial charge in [0, 0.05) is 4.88 Å². The third-order valence-corrected chi connectivity index (χ3v) is 6.36. The van der Waals surface area contributed by atoms with Gasteiger partial charge in [-0.25, -0.2) is 0 Å². The molecule has 0 saturated heterocycles. The van der Waals surface area contributed by atoms with E-state index in [1.165, 1.54) is 4.88 Å². The second-order valence-electron chi connectivity index (χ2n) is 6.71. The molecule has 1 N–H and O–H groups in total. The number of carbonyl (C=O) groups excluding carboxylic acids is 1. The summed E-state index contributed by atoms with van der Waals surface area (Å²) in [5.41, 5.74) is 2.08. The first kappa shape index (κ1) is 17.3. The highest BCUT2D eigenvalue weighted by molar-refractivity contribution is 7.16. The number of amides is 1. The molecule has 22 heavy (non-hydrogen) atoms. The van der Waals surface area contributed by atoms with Gasteiger partial charge in [-0.05, 0) is 43.1 Å². The van der Waals surface area contributed by atoms with E-state index in [2.05, 4.69) is 32.2 Å². The third-order valence-electron chi connectivity index (χ3n) is 4.99. The highest BCUT2D eigenvalue weighted by atomic mass is 35.5. The summed E-state index contributed by atoms with van der Waals surface area (Å²) in [6, 6.07) is 2.27. The average molecular weight is 339 g/mol. The predicted octanol–water partition coefficient (Wildman–Crippen LogP) is 4.73. The largest absolute Gasteiger partial charge is 0.315 e. The highest BCUT2D eigenvalue weighted by Gasteiger charge is 2.34. The molecule has 0 aromatic carbocycles. The molecule has 1 aromatic rings. The van der Waals surface area contributed by atoms with Gasteiger partial charge in [-0.3, -0.25) is 4.79 Å². The van der Waals surface area contributed by atoms with Crippen molar-refractivity contribution < 1.29 is 4.79 Å². The standard InChI is InChI=1S/C17H23ClN2OS/c1-5-17(3,4)11-6-7-12-13(9-19)16(22-14(12)8-11)20-15(21)10(2)18/h10-11H,5-8H2,1-4H3,(H,20,21)/t10-,11+/m0/s1. The van der Waals surface area contributed by atoms with Crippen LogP contribution in [0.15, 0.2) is 0 Å². The Labute approximate surface area is 141 Å². The molecule has 1 heterocycles. The number of alkyl halides is 1. The van der Waals surface area contributed by atoms with E-state index in [-0.39, 0.29) is 5.91 Å². The number of thiophene rings is 1. The van der Waals surface area contributed by atoms with Crippen LogP contribution >= 0.6 is 22.9 Å². The van der Waals surface area contributed by atoms with Crippen molar-refractivity contribution >= 4 is 33.8 Å². The lowest BCUT2D eigenvalue weighted by molar-refractivity contribution is -0.115. The zero-order valence-corrected chi connectivity index (χ0v) is 15.2. The first-order valence-corrected chi connectivity index (χ1v) is 9.05. The topological polar surface area (TPSA) is 52.9 Å². The molecule has 0 aliphatic heterocycles. The molecule has 1 amide bonds. The lowest BCUT2D eigenvalue weighted by atomic mass is 9.69. The van der Waals surface area contributed by atoms with Crippen molar-refractivity contribution in [2.45, 2.75) is 58.8 Å². The number of hydrogen-bond acceptors (Lipinski definition) is 3. The Bertz CT molecular complexity index is 613. The fourth-order valence-corrected chi connectivity index (χ4v) is 4.29. The van der Waals surface area contributed by atoms with E-state index in [1.54, 1.807) is 18.3 Å². The second-order valence-corrected chi connectivity index (χ2v) is 8.47. The average Bonchev–Trinajstić information content (AvgIpc) is 2.82. The van der Waals surface area contributed by atoms with Crippen molar-refractivity contribution in [3.05, 3.63) is 16.0 Å². The Morgan fingerprint density at radius 2 is 2.27 bits per heavy atom. The summed E-state index contributed by atoms with van der Waals surface area (Å²) < 4.78 is 0. The monoisotopic (exact) mass is 338 g/mol. The van der Waals surface area contributed by atoms with Gasteiger partial charge in [-0.1, -0.05) is 27.2 Å². The summed E-state index contributed by atoms with van der Waals surface area (Å²) >= 11 is 7.36. The number of halogens is 1. The molecule has 0 fully saturated rings. The minimum atomic E-state index is -0.600. The summed E-state index contributed by atoms with van der Waals surface area (Å²) in [5, 5.41) is 12.3. The quantitative estimate of drug-likeness (QED) is 0.807. The Morgan fingerprint density at radius 3 is 2.82 bits per heavy atom. The number of fused-ring (bicyclic) bond motifs is 1. The first-order valence-electron chi connectivity index (χ1n) is 7.79. The Morgan fingerprint density at radius 1 is 1.59 bits per heavy atom. The van der Waals surface area contributed by atoms with Gasteiger partial charge < -0.3 is 5.32 Å². The minimum Gasteiger partial charge on any atom is -0.315 e. The summed E-state index contributed by atoms with van der Waals surface area (Å²) in [4.78, 5) is 13.1. The zero-order valence-electron chi connectivity index (χ0n) is 13.6. The van der Waals surface area contributed by atoms with E-state index in [0.717, 1.165) is 31.2 Å². The third kappa shape index (κ3) is 3.31. The van der Waals surface area contributed by atoms with Crippen LogP contribution in [0.2, 0.25) is 0 Å². The smallest absolute Gasteiger partial charge is 0.242 e. The van der Waals surface area contributed by atoms with Crippen molar-refractivity contribution in [2.24, 2.45) is 11.3 Å². The number of nitriles is 1. The van der Waals surface area contributed by atoms with E-state index < -0.39 is 5.38 Å². The molecule has 120 valence electrons. The van der Waals surface area contributed by atoms with Crippen LogP contribution in [0.1, 0.15) is 56.5 Å². The first-order chi connectivity index (χ1) is 10.3. The van der Waals surface area contributed by atoms with Crippen LogP contribution in [0.3, 0.4) is 0 Å². The van der Waals surface area contributed by atoms with Crippen LogP contribution in [0.25, 0.3) is 0 Å². The van der Waals surface area contributed by atoms with E-state index >= 15 is 0 Å². The maximum absolute atomic E-state index is 11.8. The van der Waals surface area contributed by atoms with Crippen LogP contribution in [-0.4, -0.2) is 11.3 Å². The SMILES string of the molecule is CCC(C)(C)[C@@H]1CCc2c(sc(NC(=O)[C@H](C)Cl)c2C#N)C1. The fourth-order valence-electron chi connectivity index (χ4n) is 2.96. The molecule has 2 atom stereocenters. The van der Waals surface area contributed by atoms with Crippen molar-refractivity contribution in [2.75, 3.05) is 5.32 Å². The summed E-state index contributed by atoms with van der Waals surface area (Å²) in [5.74, 6) is 0.382. The number of rotatable bonds is 4. The fraction of sp³-hybridized carbons (Fsp3) is 0.647. The molecule has 0 unspecified atom stereocenters. The van der Waals surface area contributed by atoms with Crippen LogP contribution in [0.4, 0.5) is 5.00 Å². The van der Waals surface area contributed by atoms with Gasteiger partial charge in [0.2, 0.25) is 5.91 Å². The van der Waals surface area contributed by atoms with Crippen LogP contribution in [0, 0.1) is 22.7 Å². The molecule has 0 radical (unpaired) electrons. The summed E-state index contributed by atoms with van der Waals surface area (Å²) in [7, 11) is 0. The molecule has 2 rings (SSSR count). The second kappa shape index (κ2) is 6.60. The van der Waals surface area contributed by atoms with Crippen LogP contribution < -0.4 is 5.32 Å². The molecule has 0 saturated carbocycles. The van der Waals surface area contributed by atoms with Gasteiger partial charge in [0.1, 0.15) is 16.4 Å². The summed E-state index contributed by atoms with van der Waals surface area (Å²) in [6.45, 7) is 8.51. The van der Waals surface area contributed by atoms with Crippen molar-refractivity contribution in [3.8, 4) is 6.07 Å². The Balaban J connectivity index is 2.29. The van der Waals surface area contributed by atoms with Gasteiger partial charge in [0.05, 0.1) is 5.56 Å². The van der Waals surface area contributed by atoms with Gasteiger partial charge in [-0.15, -0.1) is 22.9 Å². The van der Waals surface area contributed by atoms with E-state index in [4.69, 9.17) is 11.6 Å². The highest BCUT2D eigenvalue weighted by Crippen LogP contribution is 2.45. The maximum Gasteiger partial charge on any atom is 0.242 e. The van der Waals surface area contributed by atoms with Crippen LogP contribution in [0.5, 0.6) is 0 Å². The van der Waals surface area contributed by atoms with E-state index in [0.29, 0.717) is 21.9 Å². The predicted molar refractivity (Wildman–Crippen MR) is 92.6 cm³/mol. The molecule has 1 aliphatic rings. The van der Waals surface area contributed by atoms with Gasteiger partial charge in [0.15, 0.2) is 0 Å². The van der Waals surface area contributed by atoms with Crippen LogP contribution in [-0.2, 0) is 17.6 Å². The molecule has 3 nitrogen and oxygen atoms in total. The van der Waals surface area contributed by atoms with E-state index in [9.17, 15) is 10.1 Å². The molecular formula is C17H23ClN2OS. The molecular weight excluding hydrogens is 316 g/mol. The van der Waals surface area contributed by atoms with Gasteiger partial charge >= 0.3 is 0 Å². The lowest BCUT2D eigenvalue weighted by Gasteiger charge is -2.36. The number of hydrogen-bond donors (Lipinski definition) is 1. The minimum absolute atomic E-state index is 0.248. The van der Waals surface area contributed by atoms with Gasteiger partial charge in [0.25, 0.3) is 0 Å². The zero-order chi connectivity index (χ0) is 16.5. The Kier molecular flexibility index (Phi) is 5.19. The van der Waals surface area contributed by atoms with Gasteiger partial charge in [-0.2, -0.15) is 5.26 Å². The molecule has 1 aromatic heterocycles. The molecule has 0 bridgehead atoms. The van der Waals surface area contributed by atoms with Crippen molar-refractivity contribution in [1.29, 1.82) is 5.26 Å². The lowest BCUT2D eigenvalue weighted by Crippen LogP contribution is -2.28. The number of nitrogens with one attached hydrogen (secondary N) is 1. The Hall–Kier alpha value is -1.05. The molecule has 0 spiro atoms. The maximum atomic E-state index is 11.8. The molecule has 5 heteroatoms. The van der Waals surface area contributed by atoms with Crippen molar-refractivity contribution in [1.82, 2.24) is 0 Å². The van der Waals surface area contributed by atoms with Crippen molar-refractivity contribution in [3.63, 3.8) is 0 Å². The number of carbonyl (C=O) groups is 1. The van der Waals surface area contributed by atoms with E-state index in [1.807, 2.05) is 0 Å². The summed E-state index contributed by atoms with van der Waals surface area (Å²) in [6.07, 6.45) is 4.19. The normalized spacial score (nSPS) is 19.2. The number of anilines is 1. The number of nitrogens with zero attached hydrogens (tertiary/aromatic N) is 1.